The Morgan fingerprint density at radius 3 is 2.97 bits per heavy atom. The van der Waals surface area contributed by atoms with E-state index in [9.17, 15) is 4.79 Å². The topological polar surface area (TPSA) is 89.1 Å². The highest BCUT2D eigenvalue weighted by Gasteiger charge is 2.24. The van der Waals surface area contributed by atoms with E-state index in [2.05, 4.69) is 45.9 Å². The van der Waals surface area contributed by atoms with E-state index in [1.54, 1.807) is 29.2 Å². The summed E-state index contributed by atoms with van der Waals surface area (Å²) >= 11 is 0. The number of hydrogen-bond acceptors (Lipinski definition) is 5. The second-order valence-electron chi connectivity index (χ2n) is 7.93. The third-order valence-electron chi connectivity index (χ3n) is 5.85. The number of nitrogens with one attached hydrogen (secondary N) is 2. The van der Waals surface area contributed by atoms with Crippen molar-refractivity contribution < 1.29 is 4.79 Å². The molecule has 154 valence electrons. The molecule has 1 aliphatic carbocycles. The zero-order chi connectivity index (χ0) is 20.5. The normalized spacial score (nSPS) is 19.8. The molecule has 2 aliphatic rings. The SMILES string of the molecule is CC1=CCC(n2nc(C3CCNCC3)cc2NC(=O)c2cnn3cccnc23)C=C1. The smallest absolute Gasteiger partial charge is 0.262 e. The van der Waals surface area contributed by atoms with Gasteiger partial charge in [-0.05, 0) is 45.3 Å². The summed E-state index contributed by atoms with van der Waals surface area (Å²) < 4.78 is 3.55. The first-order valence-electron chi connectivity index (χ1n) is 10.4. The Hall–Kier alpha value is -3.26. The largest absolute Gasteiger partial charge is 0.317 e. The maximum atomic E-state index is 13.1. The van der Waals surface area contributed by atoms with E-state index >= 15 is 0 Å². The minimum absolute atomic E-state index is 0.0847. The molecular weight excluding hydrogens is 378 g/mol. The maximum Gasteiger partial charge on any atom is 0.262 e. The molecule has 4 heterocycles. The van der Waals surface area contributed by atoms with E-state index in [0.717, 1.165) is 38.0 Å². The van der Waals surface area contributed by atoms with Gasteiger partial charge in [-0.15, -0.1) is 0 Å². The number of fused-ring (bicyclic) bond motifs is 1. The molecule has 0 radical (unpaired) electrons. The van der Waals surface area contributed by atoms with E-state index in [0.29, 0.717) is 22.9 Å². The molecular formula is C22H25N7O. The van der Waals surface area contributed by atoms with Crippen LogP contribution in [0.2, 0.25) is 0 Å². The van der Waals surface area contributed by atoms with Crippen molar-refractivity contribution in [1.82, 2.24) is 29.7 Å². The number of carbonyl (C=O) groups excluding carboxylic acids is 1. The predicted molar refractivity (Wildman–Crippen MR) is 115 cm³/mol. The van der Waals surface area contributed by atoms with Gasteiger partial charge in [0.25, 0.3) is 5.91 Å². The quantitative estimate of drug-likeness (QED) is 0.699. The molecule has 30 heavy (non-hydrogen) atoms. The van der Waals surface area contributed by atoms with Gasteiger partial charge in [-0.1, -0.05) is 23.8 Å². The lowest BCUT2D eigenvalue weighted by atomic mass is 9.95. The third kappa shape index (κ3) is 3.54. The van der Waals surface area contributed by atoms with E-state index in [1.165, 1.54) is 5.57 Å². The molecule has 0 spiro atoms. The van der Waals surface area contributed by atoms with Crippen LogP contribution in [-0.2, 0) is 0 Å². The second-order valence-corrected chi connectivity index (χ2v) is 7.93. The lowest BCUT2D eigenvalue weighted by Crippen LogP contribution is -2.27. The number of hydrogen-bond donors (Lipinski definition) is 2. The Kier molecular flexibility index (Phi) is 4.92. The number of amides is 1. The van der Waals surface area contributed by atoms with Gasteiger partial charge < -0.3 is 10.6 Å². The number of nitrogens with zero attached hydrogens (tertiary/aromatic N) is 5. The molecule has 0 saturated carbocycles. The molecule has 8 heteroatoms. The van der Waals surface area contributed by atoms with Crippen LogP contribution in [0.5, 0.6) is 0 Å². The van der Waals surface area contributed by atoms with Crippen molar-refractivity contribution in [1.29, 1.82) is 0 Å². The molecule has 1 unspecified atom stereocenters. The van der Waals surface area contributed by atoms with Gasteiger partial charge in [0.15, 0.2) is 5.65 Å². The van der Waals surface area contributed by atoms with Gasteiger partial charge in [-0.25, -0.2) is 14.2 Å². The van der Waals surface area contributed by atoms with Gasteiger partial charge in [0.2, 0.25) is 0 Å². The molecule has 1 amide bonds. The number of aromatic nitrogens is 5. The summed E-state index contributed by atoms with van der Waals surface area (Å²) in [5, 5.41) is 15.6. The first-order chi connectivity index (χ1) is 14.7. The highest BCUT2D eigenvalue weighted by molar-refractivity contribution is 6.07. The first kappa shape index (κ1) is 18.7. The molecule has 0 bridgehead atoms. The Morgan fingerprint density at radius 1 is 1.30 bits per heavy atom. The van der Waals surface area contributed by atoms with Crippen molar-refractivity contribution in [2.75, 3.05) is 18.4 Å². The zero-order valence-corrected chi connectivity index (χ0v) is 17.0. The standard InChI is InChI=1S/C22H25N7O/c1-15-3-5-17(6-4-15)29-20(13-19(27-29)16-7-10-23-11-8-16)26-22(30)18-14-25-28-12-2-9-24-21(18)28/h2-5,9,12-14,16-17,23H,6-8,10-11H2,1H3,(H,26,30). The van der Waals surface area contributed by atoms with E-state index in [1.807, 2.05) is 10.7 Å². The Bertz CT molecular complexity index is 1130. The molecule has 3 aromatic rings. The van der Waals surface area contributed by atoms with E-state index in [4.69, 9.17) is 5.10 Å². The number of allylic oxidation sites excluding steroid dienone is 4. The fraction of sp³-hybridized carbons (Fsp3) is 0.364. The molecule has 2 N–H and O–H groups in total. The molecule has 8 nitrogen and oxygen atoms in total. The number of rotatable bonds is 4. The number of carbonyl (C=O) groups is 1. The molecule has 0 aromatic carbocycles. The van der Waals surface area contributed by atoms with Gasteiger partial charge in [0, 0.05) is 24.4 Å². The second kappa shape index (κ2) is 7.87. The van der Waals surface area contributed by atoms with Crippen LogP contribution >= 0.6 is 0 Å². The van der Waals surface area contributed by atoms with E-state index in [-0.39, 0.29) is 11.9 Å². The van der Waals surface area contributed by atoms with Crippen LogP contribution in [0.1, 0.15) is 54.2 Å². The van der Waals surface area contributed by atoms with Gasteiger partial charge in [-0.3, -0.25) is 4.79 Å². The van der Waals surface area contributed by atoms with Crippen molar-refractivity contribution in [2.24, 2.45) is 0 Å². The summed E-state index contributed by atoms with van der Waals surface area (Å²) in [6.07, 6.45) is 14.4. The molecule has 3 aromatic heterocycles. The van der Waals surface area contributed by atoms with Crippen LogP contribution < -0.4 is 10.6 Å². The first-order valence-corrected chi connectivity index (χ1v) is 10.4. The Labute approximate surface area is 174 Å². The summed E-state index contributed by atoms with van der Waals surface area (Å²) in [7, 11) is 0. The van der Waals surface area contributed by atoms with Gasteiger partial charge >= 0.3 is 0 Å². The minimum atomic E-state index is -0.228. The van der Waals surface area contributed by atoms with Gasteiger partial charge in [-0.2, -0.15) is 10.2 Å². The van der Waals surface area contributed by atoms with Crippen LogP contribution in [0.3, 0.4) is 0 Å². The van der Waals surface area contributed by atoms with Gasteiger partial charge in [0.05, 0.1) is 17.9 Å². The van der Waals surface area contributed by atoms with Crippen molar-refractivity contribution >= 4 is 17.4 Å². The summed E-state index contributed by atoms with van der Waals surface area (Å²) in [6.45, 7) is 4.09. The molecule has 1 saturated heterocycles. The number of piperidine rings is 1. The lowest BCUT2D eigenvalue weighted by molar-refractivity contribution is 0.102. The Balaban J connectivity index is 1.47. The van der Waals surface area contributed by atoms with Crippen molar-refractivity contribution in [3.63, 3.8) is 0 Å². The average Bonchev–Trinajstić information content (AvgIpc) is 3.39. The lowest BCUT2D eigenvalue weighted by Gasteiger charge is -2.21. The maximum absolute atomic E-state index is 13.1. The molecule has 1 atom stereocenters. The highest BCUT2D eigenvalue weighted by atomic mass is 16.1. The van der Waals surface area contributed by atoms with Crippen LogP contribution in [-0.4, -0.2) is 43.4 Å². The monoisotopic (exact) mass is 403 g/mol. The molecule has 1 aliphatic heterocycles. The highest BCUT2D eigenvalue weighted by Crippen LogP contribution is 2.31. The predicted octanol–water partition coefficient (Wildman–Crippen LogP) is 3.09. The Morgan fingerprint density at radius 2 is 2.17 bits per heavy atom. The summed E-state index contributed by atoms with van der Waals surface area (Å²) in [6, 6.07) is 3.90. The fourth-order valence-electron chi connectivity index (χ4n) is 4.15. The van der Waals surface area contributed by atoms with Crippen molar-refractivity contribution in [2.45, 2.75) is 38.1 Å². The molecule has 5 rings (SSSR count). The number of anilines is 1. The summed E-state index contributed by atoms with van der Waals surface area (Å²) in [5.74, 6) is 0.895. The van der Waals surface area contributed by atoms with Crippen LogP contribution in [0.25, 0.3) is 5.65 Å². The summed E-state index contributed by atoms with van der Waals surface area (Å²) in [4.78, 5) is 17.4. The van der Waals surface area contributed by atoms with Gasteiger partial charge in [0.1, 0.15) is 11.4 Å². The molecule has 1 fully saturated rings. The third-order valence-corrected chi connectivity index (χ3v) is 5.85. The minimum Gasteiger partial charge on any atom is -0.317 e. The van der Waals surface area contributed by atoms with Crippen LogP contribution in [0.4, 0.5) is 5.82 Å². The van der Waals surface area contributed by atoms with E-state index < -0.39 is 0 Å². The summed E-state index contributed by atoms with van der Waals surface area (Å²) in [5.41, 5.74) is 3.28. The zero-order valence-electron chi connectivity index (χ0n) is 17.0. The van der Waals surface area contributed by atoms with Crippen molar-refractivity contribution in [3.8, 4) is 0 Å². The van der Waals surface area contributed by atoms with Crippen LogP contribution in [0.15, 0.2) is 54.5 Å². The fourth-order valence-corrected chi connectivity index (χ4v) is 4.15. The average molecular weight is 403 g/mol. The van der Waals surface area contributed by atoms with Crippen molar-refractivity contribution in [3.05, 3.63) is 65.8 Å². The van der Waals surface area contributed by atoms with Crippen LogP contribution in [0, 0.1) is 0 Å².